The maximum Gasteiger partial charge on any atom is 0.316 e. The number of hydrogen-bond donors (Lipinski definition) is 0. The van der Waals surface area contributed by atoms with Gasteiger partial charge in [-0.1, -0.05) is 97.1 Å². The number of aromatic nitrogens is 2. The highest BCUT2D eigenvalue weighted by atomic mass is 16.5. The van der Waals surface area contributed by atoms with E-state index in [9.17, 15) is 0 Å². The van der Waals surface area contributed by atoms with E-state index in [4.69, 9.17) is 9.47 Å². The third-order valence-corrected chi connectivity index (χ3v) is 6.10. The Kier molecular flexibility index (Phi) is 13.5. The van der Waals surface area contributed by atoms with Crippen LogP contribution in [0.15, 0.2) is 36.7 Å². The van der Waals surface area contributed by atoms with E-state index in [2.05, 4.69) is 42.9 Å². The van der Waals surface area contributed by atoms with E-state index in [-0.39, 0.29) is 0 Å². The summed E-state index contributed by atoms with van der Waals surface area (Å²) < 4.78 is 11.6. The molecule has 4 nitrogen and oxygen atoms in total. The van der Waals surface area contributed by atoms with Crippen LogP contribution in [0.5, 0.6) is 11.8 Å². The molecule has 0 aliphatic rings. The van der Waals surface area contributed by atoms with Gasteiger partial charge in [0.1, 0.15) is 5.75 Å². The van der Waals surface area contributed by atoms with Crippen LogP contribution in [0.3, 0.4) is 0 Å². The second-order valence-corrected chi connectivity index (χ2v) is 8.96. The molecule has 2 rings (SSSR count). The maximum atomic E-state index is 5.89. The Morgan fingerprint density at radius 1 is 0.688 bits per heavy atom. The molecule has 4 heteroatoms. The zero-order valence-electron chi connectivity index (χ0n) is 20.7. The standard InChI is InChI=1S/C28H44N2O2/c1-4-6-7-8-9-10-13-21-32-28-29-22-26(23-30-28)25-16-18-27(19-17-25)31-20-14-11-12-15-24(3)5-2/h16-19,22-24H,4-15,20-21H2,1-3H3/t24-/m0/s1. The molecular formula is C28H44N2O2. The average molecular weight is 441 g/mol. The first-order valence-electron chi connectivity index (χ1n) is 12.9. The number of unbranched alkanes of at least 4 members (excludes halogenated alkanes) is 8. The van der Waals surface area contributed by atoms with Gasteiger partial charge in [0.15, 0.2) is 0 Å². The van der Waals surface area contributed by atoms with E-state index in [1.165, 1.54) is 64.2 Å². The monoisotopic (exact) mass is 440 g/mol. The van der Waals surface area contributed by atoms with E-state index >= 15 is 0 Å². The van der Waals surface area contributed by atoms with Crippen molar-refractivity contribution < 1.29 is 9.47 Å². The topological polar surface area (TPSA) is 44.2 Å². The highest BCUT2D eigenvalue weighted by Gasteiger charge is 2.03. The lowest BCUT2D eigenvalue weighted by Gasteiger charge is -2.09. The molecule has 0 saturated carbocycles. The van der Waals surface area contributed by atoms with Gasteiger partial charge >= 0.3 is 6.01 Å². The van der Waals surface area contributed by atoms with Crippen molar-refractivity contribution in [3.8, 4) is 22.9 Å². The van der Waals surface area contributed by atoms with Gasteiger partial charge in [0.25, 0.3) is 0 Å². The van der Waals surface area contributed by atoms with E-state index in [1.54, 1.807) is 0 Å². The van der Waals surface area contributed by atoms with Crippen LogP contribution in [0.4, 0.5) is 0 Å². The molecule has 1 aromatic heterocycles. The summed E-state index contributed by atoms with van der Waals surface area (Å²) in [6.45, 7) is 8.33. The van der Waals surface area contributed by atoms with Crippen molar-refractivity contribution in [2.75, 3.05) is 13.2 Å². The fraction of sp³-hybridized carbons (Fsp3) is 0.643. The lowest BCUT2D eigenvalue weighted by molar-refractivity contribution is 0.281. The Morgan fingerprint density at radius 2 is 1.28 bits per heavy atom. The van der Waals surface area contributed by atoms with Crippen molar-refractivity contribution in [1.29, 1.82) is 0 Å². The third-order valence-electron chi connectivity index (χ3n) is 6.10. The van der Waals surface area contributed by atoms with Gasteiger partial charge in [0.05, 0.1) is 13.2 Å². The van der Waals surface area contributed by atoms with Crippen LogP contribution in [-0.2, 0) is 0 Å². The van der Waals surface area contributed by atoms with Crippen LogP contribution >= 0.6 is 0 Å². The van der Waals surface area contributed by atoms with Crippen LogP contribution in [-0.4, -0.2) is 23.2 Å². The van der Waals surface area contributed by atoms with Gasteiger partial charge < -0.3 is 9.47 Å². The van der Waals surface area contributed by atoms with E-state index in [0.29, 0.717) is 12.6 Å². The SMILES string of the molecule is CCCCCCCCCOc1ncc(-c2ccc(OCCCCC[C@@H](C)CC)cc2)cn1. The highest BCUT2D eigenvalue weighted by molar-refractivity contribution is 5.62. The van der Waals surface area contributed by atoms with E-state index < -0.39 is 0 Å². The van der Waals surface area contributed by atoms with Crippen LogP contribution in [0.2, 0.25) is 0 Å². The van der Waals surface area contributed by atoms with Gasteiger partial charge in [-0.25, -0.2) is 9.97 Å². The first-order chi connectivity index (χ1) is 15.7. The van der Waals surface area contributed by atoms with Gasteiger partial charge in [-0.15, -0.1) is 0 Å². The molecule has 0 unspecified atom stereocenters. The molecule has 0 spiro atoms. The van der Waals surface area contributed by atoms with Crippen LogP contribution in [0, 0.1) is 5.92 Å². The number of benzene rings is 1. The predicted molar refractivity (Wildman–Crippen MR) is 134 cm³/mol. The fourth-order valence-corrected chi connectivity index (χ4v) is 3.67. The summed E-state index contributed by atoms with van der Waals surface area (Å²) in [6, 6.07) is 8.65. The Labute approximate surface area is 196 Å². The molecule has 0 saturated heterocycles. The van der Waals surface area contributed by atoms with Gasteiger partial charge in [-0.3, -0.25) is 0 Å². The molecule has 0 fully saturated rings. The van der Waals surface area contributed by atoms with Crippen LogP contribution < -0.4 is 9.47 Å². The van der Waals surface area contributed by atoms with Crippen molar-refractivity contribution in [3.05, 3.63) is 36.7 Å². The zero-order valence-corrected chi connectivity index (χ0v) is 20.7. The molecule has 1 aromatic carbocycles. The molecule has 178 valence electrons. The van der Waals surface area contributed by atoms with Crippen molar-refractivity contribution in [1.82, 2.24) is 9.97 Å². The summed E-state index contributed by atoms with van der Waals surface area (Å²) in [5, 5.41) is 0. The second kappa shape index (κ2) is 16.5. The fourth-order valence-electron chi connectivity index (χ4n) is 3.67. The zero-order chi connectivity index (χ0) is 22.9. The highest BCUT2D eigenvalue weighted by Crippen LogP contribution is 2.22. The Morgan fingerprint density at radius 3 is 1.94 bits per heavy atom. The summed E-state index contributed by atoms with van der Waals surface area (Å²) in [6.07, 6.45) is 18.9. The molecule has 2 aromatic rings. The summed E-state index contributed by atoms with van der Waals surface area (Å²) in [5.41, 5.74) is 2.08. The van der Waals surface area contributed by atoms with Crippen molar-refractivity contribution in [3.63, 3.8) is 0 Å². The molecule has 0 N–H and O–H groups in total. The van der Waals surface area contributed by atoms with Gasteiger partial charge in [-0.05, 0) is 36.5 Å². The Hall–Kier alpha value is -2.10. The van der Waals surface area contributed by atoms with Gasteiger partial charge in [-0.2, -0.15) is 0 Å². The minimum Gasteiger partial charge on any atom is -0.494 e. The van der Waals surface area contributed by atoms with Crippen molar-refractivity contribution in [2.45, 2.75) is 97.8 Å². The maximum absolute atomic E-state index is 5.89. The normalized spacial score (nSPS) is 12.0. The quantitative estimate of drug-likeness (QED) is 0.219. The largest absolute Gasteiger partial charge is 0.494 e. The minimum atomic E-state index is 0.466. The smallest absolute Gasteiger partial charge is 0.316 e. The molecule has 0 amide bonds. The first-order valence-corrected chi connectivity index (χ1v) is 12.9. The summed E-state index contributed by atoms with van der Waals surface area (Å²) >= 11 is 0. The lowest BCUT2D eigenvalue weighted by Crippen LogP contribution is -2.01. The van der Waals surface area contributed by atoms with Crippen LogP contribution in [0.1, 0.15) is 97.8 Å². The summed E-state index contributed by atoms with van der Waals surface area (Å²) in [5.74, 6) is 1.77. The minimum absolute atomic E-state index is 0.466. The number of rotatable bonds is 18. The molecule has 0 radical (unpaired) electrons. The first kappa shape index (κ1) is 26.2. The van der Waals surface area contributed by atoms with Gasteiger partial charge in [0, 0.05) is 18.0 Å². The van der Waals surface area contributed by atoms with Crippen LogP contribution in [0.25, 0.3) is 11.1 Å². The van der Waals surface area contributed by atoms with Crippen molar-refractivity contribution >= 4 is 0 Å². The Balaban J connectivity index is 1.63. The molecule has 0 bridgehead atoms. The second-order valence-electron chi connectivity index (χ2n) is 8.96. The number of nitrogens with zero attached hydrogens (tertiary/aromatic N) is 2. The van der Waals surface area contributed by atoms with Crippen molar-refractivity contribution in [2.24, 2.45) is 5.92 Å². The molecular weight excluding hydrogens is 396 g/mol. The molecule has 1 heterocycles. The summed E-state index contributed by atoms with van der Waals surface area (Å²) in [7, 11) is 0. The van der Waals surface area contributed by atoms with E-state index in [1.807, 2.05) is 24.5 Å². The Bertz CT molecular complexity index is 700. The number of ether oxygens (including phenoxy) is 2. The molecule has 32 heavy (non-hydrogen) atoms. The lowest BCUT2D eigenvalue weighted by atomic mass is 10.0. The average Bonchev–Trinajstić information content (AvgIpc) is 2.83. The number of hydrogen-bond acceptors (Lipinski definition) is 4. The van der Waals surface area contributed by atoms with E-state index in [0.717, 1.165) is 42.2 Å². The third kappa shape index (κ3) is 11.0. The molecule has 1 atom stereocenters. The van der Waals surface area contributed by atoms with Gasteiger partial charge in [0.2, 0.25) is 0 Å². The predicted octanol–water partition coefficient (Wildman–Crippen LogP) is 8.26. The molecule has 0 aliphatic heterocycles. The summed E-state index contributed by atoms with van der Waals surface area (Å²) in [4.78, 5) is 8.74. The molecule has 0 aliphatic carbocycles.